The van der Waals surface area contributed by atoms with E-state index in [2.05, 4.69) is 15.6 Å². The fraction of sp³-hybridized carbons (Fsp3) is 0.0833. The van der Waals surface area contributed by atoms with Crippen molar-refractivity contribution in [2.45, 2.75) is 6.92 Å². The molecule has 0 saturated heterocycles. The third-order valence-electron chi connectivity index (χ3n) is 4.85. The summed E-state index contributed by atoms with van der Waals surface area (Å²) in [7, 11) is 1.60. The number of aromatic nitrogens is 1. The van der Waals surface area contributed by atoms with Crippen molar-refractivity contribution >= 4 is 34.1 Å². The minimum atomic E-state index is -0.264. The number of aromatic amines is 1. The number of aryl methyl sites for hydroxylation is 1. The summed E-state index contributed by atoms with van der Waals surface area (Å²) < 4.78 is 5.23. The molecule has 0 atom stereocenters. The van der Waals surface area contributed by atoms with Crippen molar-refractivity contribution in [2.24, 2.45) is 0 Å². The molecule has 1 heterocycles. The first kappa shape index (κ1) is 19.3. The molecule has 0 saturated carbocycles. The molecule has 0 unspecified atom stereocenters. The van der Waals surface area contributed by atoms with Gasteiger partial charge in [0.05, 0.1) is 7.11 Å². The first-order chi connectivity index (χ1) is 14.5. The predicted molar refractivity (Wildman–Crippen MR) is 118 cm³/mol. The average molecular weight is 399 g/mol. The van der Waals surface area contributed by atoms with Crippen molar-refractivity contribution in [3.8, 4) is 5.75 Å². The Bertz CT molecular complexity index is 1230. The maximum absolute atomic E-state index is 12.8. The number of hydrogen-bond acceptors (Lipinski definition) is 3. The van der Waals surface area contributed by atoms with Gasteiger partial charge in [-0.2, -0.15) is 0 Å². The summed E-state index contributed by atoms with van der Waals surface area (Å²) in [5.41, 5.74) is 3.95. The van der Waals surface area contributed by atoms with Crippen LogP contribution in [0, 0.1) is 6.92 Å². The van der Waals surface area contributed by atoms with Crippen LogP contribution in [0.3, 0.4) is 0 Å². The van der Waals surface area contributed by atoms with E-state index in [4.69, 9.17) is 4.74 Å². The second-order valence-corrected chi connectivity index (χ2v) is 6.94. The molecule has 0 spiro atoms. The molecule has 6 nitrogen and oxygen atoms in total. The Balaban J connectivity index is 1.53. The summed E-state index contributed by atoms with van der Waals surface area (Å²) in [6, 6.07) is 21.8. The number of benzene rings is 3. The topological polar surface area (TPSA) is 83.2 Å². The minimum absolute atomic E-state index is 0.207. The first-order valence-corrected chi connectivity index (χ1v) is 9.48. The Hall–Kier alpha value is -4.06. The molecule has 4 aromatic rings. The number of rotatable bonds is 5. The lowest BCUT2D eigenvalue weighted by Crippen LogP contribution is -2.15. The molecule has 4 rings (SSSR count). The van der Waals surface area contributed by atoms with Gasteiger partial charge >= 0.3 is 0 Å². The van der Waals surface area contributed by atoms with Crippen LogP contribution >= 0.6 is 0 Å². The number of fused-ring (bicyclic) bond motifs is 1. The van der Waals surface area contributed by atoms with Crippen molar-refractivity contribution in [1.82, 2.24) is 4.98 Å². The molecule has 0 aliphatic rings. The van der Waals surface area contributed by atoms with Crippen molar-refractivity contribution in [2.75, 3.05) is 17.7 Å². The Morgan fingerprint density at radius 2 is 1.67 bits per heavy atom. The second-order valence-electron chi connectivity index (χ2n) is 6.94. The number of ether oxygens (including phenoxy) is 1. The molecular weight excluding hydrogens is 378 g/mol. The lowest BCUT2D eigenvalue weighted by Gasteiger charge is -2.11. The molecule has 0 bridgehead atoms. The van der Waals surface area contributed by atoms with Crippen molar-refractivity contribution < 1.29 is 14.3 Å². The van der Waals surface area contributed by atoms with Crippen LogP contribution in [0.15, 0.2) is 72.8 Å². The number of amides is 2. The highest BCUT2D eigenvalue weighted by Crippen LogP contribution is 2.24. The smallest absolute Gasteiger partial charge is 0.272 e. The zero-order valence-corrected chi connectivity index (χ0v) is 16.7. The quantitative estimate of drug-likeness (QED) is 0.442. The lowest BCUT2D eigenvalue weighted by molar-refractivity contribution is 0.101. The third-order valence-corrected chi connectivity index (χ3v) is 4.85. The van der Waals surface area contributed by atoms with Gasteiger partial charge < -0.3 is 20.4 Å². The molecule has 0 aliphatic carbocycles. The highest BCUT2D eigenvalue weighted by molar-refractivity contribution is 6.07. The summed E-state index contributed by atoms with van der Waals surface area (Å²) in [6.07, 6.45) is 0. The zero-order chi connectivity index (χ0) is 21.1. The van der Waals surface area contributed by atoms with Gasteiger partial charge in [0.25, 0.3) is 11.8 Å². The van der Waals surface area contributed by atoms with Gasteiger partial charge in [-0.3, -0.25) is 9.59 Å². The number of hydrogen-bond donors (Lipinski definition) is 3. The standard InChI is InChI=1S/C24H21N3O3/c1-15-8-10-18(25-23(28)16-6-4-3-5-7-16)13-20(15)27-24(29)22-12-17-9-11-19(30-2)14-21(17)26-22/h3-14,26H,1-2H3,(H,25,28)(H,27,29). The minimum Gasteiger partial charge on any atom is -0.497 e. The second kappa shape index (κ2) is 8.13. The van der Waals surface area contributed by atoms with Crippen LogP contribution in [0.5, 0.6) is 5.75 Å². The molecule has 0 radical (unpaired) electrons. The van der Waals surface area contributed by atoms with Gasteiger partial charge in [-0.25, -0.2) is 0 Å². The molecule has 2 amide bonds. The number of carbonyl (C=O) groups is 2. The van der Waals surface area contributed by atoms with Crippen molar-refractivity contribution in [3.05, 3.63) is 89.6 Å². The Morgan fingerprint density at radius 1 is 0.867 bits per heavy atom. The lowest BCUT2D eigenvalue weighted by atomic mass is 10.1. The number of methoxy groups -OCH3 is 1. The average Bonchev–Trinajstić information content (AvgIpc) is 3.20. The van der Waals surface area contributed by atoms with Gasteiger partial charge in [-0.15, -0.1) is 0 Å². The number of carbonyl (C=O) groups excluding carboxylic acids is 2. The largest absolute Gasteiger partial charge is 0.497 e. The zero-order valence-electron chi connectivity index (χ0n) is 16.7. The predicted octanol–water partition coefficient (Wildman–Crippen LogP) is 4.99. The van der Waals surface area contributed by atoms with Crippen LogP contribution in [0.25, 0.3) is 10.9 Å². The van der Waals surface area contributed by atoms with E-state index in [1.807, 2.05) is 49.4 Å². The van der Waals surface area contributed by atoms with Crippen LogP contribution in [0.1, 0.15) is 26.4 Å². The van der Waals surface area contributed by atoms with E-state index < -0.39 is 0 Å². The fourth-order valence-corrected chi connectivity index (χ4v) is 3.17. The van der Waals surface area contributed by atoms with E-state index in [-0.39, 0.29) is 11.8 Å². The summed E-state index contributed by atoms with van der Waals surface area (Å²) in [4.78, 5) is 28.3. The van der Waals surface area contributed by atoms with Crippen LogP contribution in [0.4, 0.5) is 11.4 Å². The maximum Gasteiger partial charge on any atom is 0.272 e. The van der Waals surface area contributed by atoms with Gasteiger partial charge in [0, 0.05) is 33.9 Å². The van der Waals surface area contributed by atoms with Crippen molar-refractivity contribution in [3.63, 3.8) is 0 Å². The molecule has 30 heavy (non-hydrogen) atoms. The summed E-state index contributed by atoms with van der Waals surface area (Å²) in [5, 5.41) is 6.70. The van der Waals surface area contributed by atoms with Gasteiger partial charge in [-0.05, 0) is 55.0 Å². The molecule has 1 aromatic heterocycles. The molecule has 0 fully saturated rings. The Morgan fingerprint density at radius 3 is 2.43 bits per heavy atom. The molecular formula is C24H21N3O3. The molecule has 150 valence electrons. The normalized spacial score (nSPS) is 10.6. The van der Waals surface area contributed by atoms with E-state index in [9.17, 15) is 9.59 Å². The highest BCUT2D eigenvalue weighted by atomic mass is 16.5. The van der Waals surface area contributed by atoms with E-state index in [0.29, 0.717) is 28.4 Å². The number of anilines is 2. The Labute approximate surface area is 173 Å². The van der Waals surface area contributed by atoms with E-state index in [1.54, 1.807) is 37.4 Å². The number of H-pyrrole nitrogens is 1. The van der Waals surface area contributed by atoms with E-state index >= 15 is 0 Å². The van der Waals surface area contributed by atoms with E-state index in [0.717, 1.165) is 16.5 Å². The summed E-state index contributed by atoms with van der Waals surface area (Å²) in [6.45, 7) is 1.90. The van der Waals surface area contributed by atoms with Gasteiger partial charge in [0.15, 0.2) is 0 Å². The molecule has 0 aliphatic heterocycles. The van der Waals surface area contributed by atoms with Gasteiger partial charge in [-0.1, -0.05) is 24.3 Å². The fourth-order valence-electron chi connectivity index (χ4n) is 3.17. The summed E-state index contributed by atoms with van der Waals surface area (Å²) in [5.74, 6) is 0.245. The highest BCUT2D eigenvalue weighted by Gasteiger charge is 2.13. The Kier molecular flexibility index (Phi) is 5.22. The van der Waals surface area contributed by atoms with Crippen LogP contribution < -0.4 is 15.4 Å². The van der Waals surface area contributed by atoms with Gasteiger partial charge in [0.1, 0.15) is 11.4 Å². The molecule has 3 aromatic carbocycles. The third kappa shape index (κ3) is 4.03. The monoisotopic (exact) mass is 399 g/mol. The summed E-state index contributed by atoms with van der Waals surface area (Å²) >= 11 is 0. The molecule has 6 heteroatoms. The first-order valence-electron chi connectivity index (χ1n) is 9.48. The number of nitrogens with one attached hydrogen (secondary N) is 3. The van der Waals surface area contributed by atoms with Gasteiger partial charge in [0.2, 0.25) is 0 Å². The molecule has 3 N–H and O–H groups in total. The maximum atomic E-state index is 12.8. The van der Waals surface area contributed by atoms with Crippen LogP contribution in [-0.4, -0.2) is 23.9 Å². The SMILES string of the molecule is COc1ccc2cc(C(=O)Nc3cc(NC(=O)c4ccccc4)ccc3C)[nH]c2c1. The van der Waals surface area contributed by atoms with Crippen LogP contribution in [-0.2, 0) is 0 Å². The van der Waals surface area contributed by atoms with E-state index in [1.165, 1.54) is 0 Å². The van der Waals surface area contributed by atoms with Crippen LogP contribution in [0.2, 0.25) is 0 Å². The van der Waals surface area contributed by atoms with Crippen molar-refractivity contribution in [1.29, 1.82) is 0 Å².